The minimum absolute atomic E-state index is 0.135. The number of rotatable bonds is 4. The molecule has 68 valence electrons. The van der Waals surface area contributed by atoms with Crippen molar-refractivity contribution in [3.05, 3.63) is 0 Å². The molecule has 0 aromatic rings. The van der Waals surface area contributed by atoms with Gasteiger partial charge < -0.3 is 4.74 Å². The monoisotopic (exact) mass is 346 g/mol. The second-order valence-corrected chi connectivity index (χ2v) is 4.02. The molecule has 0 saturated carbocycles. The molecule has 11 heavy (non-hydrogen) atoms. The molecule has 1 atom stereocenters. The summed E-state index contributed by atoms with van der Waals surface area (Å²) in [6.07, 6.45) is -0.376. The van der Waals surface area contributed by atoms with Gasteiger partial charge in [0, 0.05) is 41.5 Å². The zero-order chi connectivity index (χ0) is 9.12. The minimum atomic E-state index is -3.49. The van der Waals surface area contributed by atoms with Crippen molar-refractivity contribution in [2.75, 3.05) is 12.4 Å². The van der Waals surface area contributed by atoms with Gasteiger partial charge in [-0.3, -0.25) is 0 Å². The molecule has 0 heterocycles. The first kappa shape index (κ1) is 12.0. The van der Waals surface area contributed by atoms with Gasteiger partial charge in [-0.05, 0) is 0 Å². The fraction of sp³-hybridized carbons (Fsp3) is 1.00. The molecule has 0 radical (unpaired) electrons. The molecule has 0 aliphatic carbocycles. The Bertz CT molecular complexity index is 129. The van der Waals surface area contributed by atoms with Gasteiger partial charge in [-0.1, -0.05) is 15.9 Å². The number of methoxy groups -OCH3 is 1. The topological polar surface area (TPSA) is 9.23 Å². The van der Waals surface area contributed by atoms with Gasteiger partial charge in [-0.25, -0.2) is 4.39 Å². The van der Waals surface area contributed by atoms with E-state index in [1.165, 1.54) is 0 Å². The third kappa shape index (κ3) is 3.06. The molecule has 6 heteroatoms. The first-order chi connectivity index (χ1) is 4.87. The molecule has 0 aromatic carbocycles. The van der Waals surface area contributed by atoms with Crippen LogP contribution < -0.4 is 0 Å². The SMILES string of the molecule is COC(F)(CCBr)C(F)(F)I. The Morgan fingerprint density at radius 3 is 2.00 bits per heavy atom. The standard InChI is InChI=1S/C5H7BrF3IO/c1-11-4(7,2-3-6)5(8,9)10/h2-3H2,1H3. The van der Waals surface area contributed by atoms with Crippen molar-refractivity contribution in [3.63, 3.8) is 0 Å². The minimum Gasteiger partial charge on any atom is -0.344 e. The van der Waals surface area contributed by atoms with Crippen LogP contribution in [-0.2, 0) is 4.74 Å². The maximum absolute atomic E-state index is 13.0. The highest BCUT2D eigenvalue weighted by atomic mass is 127. The number of alkyl halides is 5. The quantitative estimate of drug-likeness (QED) is 0.561. The molecule has 0 N–H and O–H groups in total. The van der Waals surface area contributed by atoms with Crippen LogP contribution in [0.4, 0.5) is 13.2 Å². The van der Waals surface area contributed by atoms with E-state index < -0.39 is 9.78 Å². The fourth-order valence-electron chi connectivity index (χ4n) is 0.481. The number of hydrogen-bond acceptors (Lipinski definition) is 1. The second-order valence-electron chi connectivity index (χ2n) is 1.87. The van der Waals surface area contributed by atoms with Crippen LogP contribution in [0.3, 0.4) is 0 Å². The van der Waals surface area contributed by atoms with Gasteiger partial charge >= 0.3 is 3.93 Å². The van der Waals surface area contributed by atoms with E-state index in [2.05, 4.69) is 20.7 Å². The van der Waals surface area contributed by atoms with Crippen molar-refractivity contribution < 1.29 is 17.9 Å². The predicted octanol–water partition coefficient (Wildman–Crippen LogP) is 3.11. The maximum Gasteiger partial charge on any atom is 0.353 e. The summed E-state index contributed by atoms with van der Waals surface area (Å²) in [6.45, 7) is 0. The molecule has 0 saturated heterocycles. The highest BCUT2D eigenvalue weighted by Gasteiger charge is 2.52. The van der Waals surface area contributed by atoms with E-state index in [9.17, 15) is 13.2 Å². The van der Waals surface area contributed by atoms with Crippen molar-refractivity contribution in [1.82, 2.24) is 0 Å². The van der Waals surface area contributed by atoms with E-state index in [0.717, 1.165) is 29.7 Å². The zero-order valence-electron chi connectivity index (χ0n) is 5.71. The van der Waals surface area contributed by atoms with E-state index >= 15 is 0 Å². The molecule has 1 unspecified atom stereocenters. The van der Waals surface area contributed by atoms with Crippen molar-refractivity contribution in [1.29, 1.82) is 0 Å². The lowest BCUT2D eigenvalue weighted by Gasteiger charge is -2.27. The van der Waals surface area contributed by atoms with E-state index in [1.54, 1.807) is 0 Å². The normalized spacial score (nSPS) is 18.0. The van der Waals surface area contributed by atoms with Gasteiger partial charge in [-0.15, -0.1) is 0 Å². The van der Waals surface area contributed by atoms with Crippen molar-refractivity contribution in [3.8, 4) is 0 Å². The molecule has 0 aliphatic heterocycles. The maximum atomic E-state index is 13.0. The number of halogens is 5. The lowest BCUT2D eigenvalue weighted by Crippen LogP contribution is -2.41. The van der Waals surface area contributed by atoms with Gasteiger partial charge in [0.05, 0.1) is 0 Å². The van der Waals surface area contributed by atoms with Crippen LogP contribution in [0.1, 0.15) is 6.42 Å². The molecule has 0 fully saturated rings. The molecular formula is C5H7BrF3IO. The lowest BCUT2D eigenvalue weighted by molar-refractivity contribution is -0.215. The molecule has 0 spiro atoms. The second kappa shape index (κ2) is 4.27. The highest BCUT2D eigenvalue weighted by molar-refractivity contribution is 14.1. The molecule has 0 aliphatic rings. The molecule has 0 rings (SSSR count). The average molecular weight is 347 g/mol. The van der Waals surface area contributed by atoms with Crippen LogP contribution in [0.2, 0.25) is 0 Å². The molecule has 0 aromatic heterocycles. The van der Waals surface area contributed by atoms with Crippen molar-refractivity contribution in [2.24, 2.45) is 0 Å². The Morgan fingerprint density at radius 1 is 1.45 bits per heavy atom. The summed E-state index contributed by atoms with van der Waals surface area (Å²) in [7, 11) is 0.926. The average Bonchev–Trinajstić information content (AvgIpc) is 1.86. The summed E-state index contributed by atoms with van der Waals surface area (Å²) >= 11 is 3.59. The summed E-state index contributed by atoms with van der Waals surface area (Å²) in [4.78, 5) is 0. The van der Waals surface area contributed by atoms with Gasteiger partial charge in [0.15, 0.2) is 0 Å². The van der Waals surface area contributed by atoms with Crippen LogP contribution in [0.5, 0.6) is 0 Å². The summed E-state index contributed by atoms with van der Waals surface area (Å²) in [6, 6.07) is 0. The number of hydrogen-bond donors (Lipinski definition) is 0. The van der Waals surface area contributed by atoms with Crippen molar-refractivity contribution >= 4 is 38.5 Å². The van der Waals surface area contributed by atoms with Gasteiger partial charge in [0.1, 0.15) is 0 Å². The first-order valence-electron chi connectivity index (χ1n) is 2.74. The Labute approximate surface area is 84.9 Å². The van der Waals surface area contributed by atoms with Crippen LogP contribution in [0, 0.1) is 0 Å². The van der Waals surface area contributed by atoms with Crippen LogP contribution in [0.25, 0.3) is 0 Å². The van der Waals surface area contributed by atoms with E-state index in [0.29, 0.717) is 0 Å². The first-order valence-corrected chi connectivity index (χ1v) is 4.94. The number of ether oxygens (including phenoxy) is 1. The van der Waals surface area contributed by atoms with Crippen LogP contribution >= 0.6 is 38.5 Å². The van der Waals surface area contributed by atoms with E-state index in [-0.39, 0.29) is 11.8 Å². The van der Waals surface area contributed by atoms with Crippen molar-refractivity contribution in [2.45, 2.75) is 16.2 Å². The Kier molecular flexibility index (Phi) is 4.64. The Balaban J connectivity index is 4.33. The summed E-state index contributed by atoms with van der Waals surface area (Å²) < 4.78 is 38.5. The Morgan fingerprint density at radius 2 is 1.91 bits per heavy atom. The molecule has 1 nitrogen and oxygen atoms in total. The predicted molar refractivity (Wildman–Crippen MR) is 48.2 cm³/mol. The largest absolute Gasteiger partial charge is 0.353 e. The van der Waals surface area contributed by atoms with Gasteiger partial charge in [0.25, 0.3) is 5.85 Å². The molecular weight excluding hydrogens is 340 g/mol. The van der Waals surface area contributed by atoms with Gasteiger partial charge in [-0.2, -0.15) is 8.78 Å². The zero-order valence-corrected chi connectivity index (χ0v) is 9.46. The Hall–Kier alpha value is 0.960. The highest BCUT2D eigenvalue weighted by Crippen LogP contribution is 2.41. The summed E-state index contributed by atoms with van der Waals surface area (Å²) in [5, 5.41) is 0.135. The smallest absolute Gasteiger partial charge is 0.344 e. The van der Waals surface area contributed by atoms with E-state index in [4.69, 9.17) is 0 Å². The van der Waals surface area contributed by atoms with E-state index in [1.807, 2.05) is 0 Å². The van der Waals surface area contributed by atoms with Crippen LogP contribution in [0.15, 0.2) is 0 Å². The third-order valence-electron chi connectivity index (χ3n) is 1.16. The van der Waals surface area contributed by atoms with Gasteiger partial charge in [0.2, 0.25) is 0 Å². The summed E-state index contributed by atoms with van der Waals surface area (Å²) in [5.41, 5.74) is 0. The lowest BCUT2D eigenvalue weighted by atomic mass is 10.2. The third-order valence-corrected chi connectivity index (χ3v) is 2.36. The molecule has 0 bridgehead atoms. The summed E-state index contributed by atoms with van der Waals surface area (Å²) in [5.74, 6) is -2.86. The van der Waals surface area contributed by atoms with Crippen LogP contribution in [-0.4, -0.2) is 22.2 Å². The fourth-order valence-corrected chi connectivity index (χ4v) is 1.48. The molecule has 0 amide bonds.